The third kappa shape index (κ3) is 3.92. The van der Waals surface area contributed by atoms with E-state index in [0.717, 1.165) is 10.0 Å². The summed E-state index contributed by atoms with van der Waals surface area (Å²) in [6, 6.07) is 12.8. The molecule has 108 valence electrons. The van der Waals surface area contributed by atoms with Gasteiger partial charge in [0.15, 0.2) is 6.04 Å². The van der Waals surface area contributed by atoms with Crippen LogP contribution in [0.1, 0.15) is 27.5 Å². The number of rotatable bonds is 4. The predicted molar refractivity (Wildman–Crippen MR) is 83.2 cm³/mol. The molecule has 21 heavy (non-hydrogen) atoms. The van der Waals surface area contributed by atoms with Crippen molar-refractivity contribution >= 4 is 27.8 Å². The number of carbonyl (C=O) groups is 2. The number of carbonyl (C=O) groups excluding carboxylic acids is 1. The number of halogens is 1. The number of hydrogen-bond donors (Lipinski definition) is 2. The highest BCUT2D eigenvalue weighted by molar-refractivity contribution is 9.10. The average molecular weight is 348 g/mol. The summed E-state index contributed by atoms with van der Waals surface area (Å²) in [6.07, 6.45) is 0. The van der Waals surface area contributed by atoms with Crippen molar-refractivity contribution in [2.75, 3.05) is 0 Å². The fourth-order valence-corrected chi connectivity index (χ4v) is 2.62. The Morgan fingerprint density at radius 3 is 2.38 bits per heavy atom. The van der Waals surface area contributed by atoms with Crippen LogP contribution in [0.25, 0.3) is 0 Å². The van der Waals surface area contributed by atoms with Crippen LogP contribution >= 0.6 is 15.9 Å². The van der Waals surface area contributed by atoms with Gasteiger partial charge in [0.2, 0.25) is 0 Å². The Morgan fingerprint density at radius 1 is 1.14 bits per heavy atom. The van der Waals surface area contributed by atoms with Gasteiger partial charge in [0.25, 0.3) is 5.91 Å². The average Bonchev–Trinajstić information content (AvgIpc) is 2.44. The number of aryl methyl sites for hydroxylation is 1. The highest BCUT2D eigenvalue weighted by atomic mass is 79.9. The first-order chi connectivity index (χ1) is 9.97. The van der Waals surface area contributed by atoms with Crippen molar-refractivity contribution in [3.05, 3.63) is 69.7 Å². The smallest absolute Gasteiger partial charge is 0.330 e. The summed E-state index contributed by atoms with van der Waals surface area (Å²) in [5.41, 5.74) is 1.87. The second kappa shape index (κ2) is 6.54. The molecule has 0 aromatic heterocycles. The summed E-state index contributed by atoms with van der Waals surface area (Å²) in [5, 5.41) is 11.9. The van der Waals surface area contributed by atoms with E-state index in [-0.39, 0.29) is 0 Å². The van der Waals surface area contributed by atoms with Gasteiger partial charge in [-0.05, 0) is 36.2 Å². The van der Waals surface area contributed by atoms with E-state index >= 15 is 0 Å². The maximum atomic E-state index is 12.2. The van der Waals surface area contributed by atoms with Gasteiger partial charge in [0.1, 0.15) is 0 Å². The van der Waals surface area contributed by atoms with E-state index in [1.807, 2.05) is 13.0 Å². The lowest BCUT2D eigenvalue weighted by Crippen LogP contribution is -2.33. The SMILES string of the molecule is Cc1cc(Br)cc(C(=O)N[C@@H](C(=O)O)c2ccccc2)c1. The standard InChI is InChI=1S/C16H14BrNO3/c1-10-7-12(9-13(17)8-10)15(19)18-14(16(20)21)11-5-3-2-4-6-11/h2-9,14H,1H3,(H,18,19)(H,20,21)/t14-/m1/s1. The van der Waals surface area contributed by atoms with Crippen molar-refractivity contribution in [2.45, 2.75) is 13.0 Å². The monoisotopic (exact) mass is 347 g/mol. The molecule has 0 saturated carbocycles. The number of nitrogens with one attached hydrogen (secondary N) is 1. The van der Waals surface area contributed by atoms with Crippen LogP contribution < -0.4 is 5.32 Å². The zero-order chi connectivity index (χ0) is 15.4. The molecule has 2 N–H and O–H groups in total. The summed E-state index contributed by atoms with van der Waals surface area (Å²) in [4.78, 5) is 23.6. The van der Waals surface area contributed by atoms with Crippen LogP contribution in [0.5, 0.6) is 0 Å². The van der Waals surface area contributed by atoms with E-state index in [4.69, 9.17) is 0 Å². The molecule has 0 heterocycles. The molecule has 2 aromatic rings. The molecular formula is C16H14BrNO3. The molecular weight excluding hydrogens is 334 g/mol. The number of benzene rings is 2. The fraction of sp³-hybridized carbons (Fsp3) is 0.125. The van der Waals surface area contributed by atoms with Crippen LogP contribution in [0.3, 0.4) is 0 Å². The zero-order valence-electron chi connectivity index (χ0n) is 11.3. The van der Waals surface area contributed by atoms with E-state index in [1.54, 1.807) is 42.5 Å². The molecule has 0 saturated heterocycles. The van der Waals surface area contributed by atoms with Gasteiger partial charge in [0.05, 0.1) is 0 Å². The van der Waals surface area contributed by atoms with E-state index in [1.165, 1.54) is 0 Å². The van der Waals surface area contributed by atoms with E-state index in [2.05, 4.69) is 21.2 Å². The highest BCUT2D eigenvalue weighted by Gasteiger charge is 2.22. The first-order valence-electron chi connectivity index (χ1n) is 6.33. The molecule has 2 aromatic carbocycles. The molecule has 0 spiro atoms. The Labute approximate surface area is 130 Å². The lowest BCUT2D eigenvalue weighted by Gasteiger charge is -2.15. The molecule has 0 radical (unpaired) electrons. The Bertz CT molecular complexity index is 650. The number of amides is 1. The summed E-state index contributed by atoms with van der Waals surface area (Å²) in [7, 11) is 0. The molecule has 1 amide bonds. The van der Waals surface area contributed by atoms with Gasteiger partial charge in [-0.1, -0.05) is 46.3 Å². The van der Waals surface area contributed by atoms with Gasteiger partial charge in [-0.3, -0.25) is 4.79 Å². The quantitative estimate of drug-likeness (QED) is 0.891. The van der Waals surface area contributed by atoms with E-state index in [0.29, 0.717) is 11.1 Å². The van der Waals surface area contributed by atoms with E-state index < -0.39 is 17.9 Å². The van der Waals surface area contributed by atoms with Crippen LogP contribution in [0.4, 0.5) is 0 Å². The first kappa shape index (κ1) is 15.3. The van der Waals surface area contributed by atoms with Crippen molar-refractivity contribution in [2.24, 2.45) is 0 Å². The van der Waals surface area contributed by atoms with Gasteiger partial charge in [-0.25, -0.2) is 4.79 Å². The molecule has 0 aliphatic carbocycles. The lowest BCUT2D eigenvalue weighted by atomic mass is 10.1. The Kier molecular flexibility index (Phi) is 4.75. The van der Waals surface area contributed by atoms with Crippen molar-refractivity contribution in [3.63, 3.8) is 0 Å². The second-order valence-electron chi connectivity index (χ2n) is 4.67. The fourth-order valence-electron chi connectivity index (χ4n) is 2.01. The number of aliphatic carboxylic acids is 1. The van der Waals surface area contributed by atoms with Crippen LogP contribution in [0, 0.1) is 6.92 Å². The van der Waals surface area contributed by atoms with Crippen molar-refractivity contribution in [3.8, 4) is 0 Å². The van der Waals surface area contributed by atoms with Crippen LogP contribution in [0.2, 0.25) is 0 Å². The summed E-state index contributed by atoms with van der Waals surface area (Å²) < 4.78 is 0.777. The Hall–Kier alpha value is -2.14. The molecule has 0 aliphatic heterocycles. The molecule has 0 unspecified atom stereocenters. The number of carboxylic acid groups (broad SMARTS) is 1. The Balaban J connectivity index is 2.25. The minimum absolute atomic E-state index is 0.420. The molecule has 2 rings (SSSR count). The molecule has 5 heteroatoms. The van der Waals surface area contributed by atoms with Crippen molar-refractivity contribution in [1.82, 2.24) is 5.32 Å². The topological polar surface area (TPSA) is 66.4 Å². The minimum Gasteiger partial charge on any atom is -0.479 e. The minimum atomic E-state index is -1.10. The molecule has 0 aliphatic rings. The maximum Gasteiger partial charge on any atom is 0.330 e. The zero-order valence-corrected chi connectivity index (χ0v) is 12.9. The Morgan fingerprint density at radius 2 is 1.81 bits per heavy atom. The lowest BCUT2D eigenvalue weighted by molar-refractivity contribution is -0.139. The van der Waals surface area contributed by atoms with Gasteiger partial charge in [0, 0.05) is 10.0 Å². The van der Waals surface area contributed by atoms with Gasteiger partial charge < -0.3 is 10.4 Å². The third-order valence-electron chi connectivity index (χ3n) is 2.96. The van der Waals surface area contributed by atoms with Crippen LogP contribution in [0.15, 0.2) is 53.0 Å². The van der Waals surface area contributed by atoms with Gasteiger partial charge in [-0.2, -0.15) is 0 Å². The first-order valence-corrected chi connectivity index (χ1v) is 7.12. The van der Waals surface area contributed by atoms with Crippen LogP contribution in [-0.2, 0) is 4.79 Å². The van der Waals surface area contributed by atoms with E-state index in [9.17, 15) is 14.7 Å². The molecule has 1 atom stereocenters. The van der Waals surface area contributed by atoms with Crippen LogP contribution in [-0.4, -0.2) is 17.0 Å². The van der Waals surface area contributed by atoms with Crippen molar-refractivity contribution < 1.29 is 14.7 Å². The van der Waals surface area contributed by atoms with Crippen molar-refractivity contribution in [1.29, 1.82) is 0 Å². The molecule has 0 fully saturated rings. The third-order valence-corrected chi connectivity index (χ3v) is 3.42. The molecule has 4 nitrogen and oxygen atoms in total. The maximum absolute atomic E-state index is 12.2. The van der Waals surface area contributed by atoms with Gasteiger partial charge in [-0.15, -0.1) is 0 Å². The molecule has 0 bridgehead atoms. The number of carboxylic acids is 1. The largest absolute Gasteiger partial charge is 0.479 e. The van der Waals surface area contributed by atoms with Gasteiger partial charge >= 0.3 is 5.97 Å². The highest BCUT2D eigenvalue weighted by Crippen LogP contribution is 2.17. The summed E-state index contributed by atoms with van der Waals surface area (Å²) in [6.45, 7) is 1.87. The number of hydrogen-bond acceptors (Lipinski definition) is 2. The normalized spacial score (nSPS) is 11.7. The summed E-state index contributed by atoms with van der Waals surface area (Å²) >= 11 is 3.33. The second-order valence-corrected chi connectivity index (χ2v) is 5.59. The summed E-state index contributed by atoms with van der Waals surface area (Å²) in [5.74, 6) is -1.52. The predicted octanol–water partition coefficient (Wildman–Crippen LogP) is 3.31.